The van der Waals surface area contributed by atoms with E-state index in [9.17, 15) is 18.7 Å². The largest absolute Gasteiger partial charge is 0.493 e. The van der Waals surface area contributed by atoms with E-state index in [1.807, 2.05) is 25.1 Å². The maximum absolute atomic E-state index is 13.8. The van der Waals surface area contributed by atoms with Gasteiger partial charge in [-0.1, -0.05) is 18.2 Å². The van der Waals surface area contributed by atoms with Gasteiger partial charge in [0.2, 0.25) is 0 Å². The van der Waals surface area contributed by atoms with Crippen molar-refractivity contribution in [2.75, 3.05) is 26.9 Å². The first-order valence-corrected chi connectivity index (χ1v) is 9.21. The molecule has 0 aromatic heterocycles. The Hall–Kier alpha value is -2.93. The second kappa shape index (κ2) is 11.2. The molecule has 2 N–H and O–H groups in total. The number of carbonyl (C=O) groups excluding carboxylic acids is 1. The summed E-state index contributed by atoms with van der Waals surface area (Å²) in [4.78, 5) is 12.1. The van der Waals surface area contributed by atoms with Crippen molar-refractivity contribution in [2.24, 2.45) is 5.92 Å². The van der Waals surface area contributed by atoms with Crippen LogP contribution in [-0.2, 0) is 11.2 Å². The SMILES string of the molecule is C/C=C/c1ccc(OCC(=O)NC[C@H](CO)Cc2cc(F)ccc2F)c(OC)c1. The third-order valence-electron chi connectivity index (χ3n) is 4.27. The van der Waals surface area contributed by atoms with Crippen LogP contribution in [0.3, 0.4) is 0 Å². The van der Waals surface area contributed by atoms with Gasteiger partial charge in [0.1, 0.15) is 11.6 Å². The molecule has 0 radical (unpaired) electrons. The number of benzene rings is 2. The molecule has 156 valence electrons. The summed E-state index contributed by atoms with van der Waals surface area (Å²) in [6.45, 7) is 1.48. The van der Waals surface area contributed by atoms with E-state index in [0.717, 1.165) is 23.8 Å². The lowest BCUT2D eigenvalue weighted by atomic mass is 9.99. The molecule has 7 heteroatoms. The number of aliphatic hydroxyl groups is 1. The standard InChI is InChI=1S/C22H25F2NO4/c1-3-4-15-5-8-20(21(10-15)28-2)29-14-22(27)25-12-16(13-26)9-17-11-18(23)6-7-19(17)24/h3-8,10-11,16,26H,9,12-14H2,1-2H3,(H,25,27)/b4-3+/t16-/m1/s1. The normalized spacial score (nSPS) is 12.0. The molecule has 0 bridgehead atoms. The van der Waals surface area contributed by atoms with E-state index >= 15 is 0 Å². The highest BCUT2D eigenvalue weighted by molar-refractivity contribution is 5.77. The highest BCUT2D eigenvalue weighted by Gasteiger charge is 2.15. The fraction of sp³-hybridized carbons (Fsp3) is 0.318. The quantitative estimate of drug-likeness (QED) is 0.636. The van der Waals surface area contributed by atoms with E-state index in [4.69, 9.17) is 9.47 Å². The average Bonchev–Trinajstić information content (AvgIpc) is 2.72. The molecule has 2 aromatic rings. The van der Waals surface area contributed by atoms with Crippen molar-refractivity contribution in [1.29, 1.82) is 0 Å². The van der Waals surface area contributed by atoms with Crippen LogP contribution in [-0.4, -0.2) is 37.9 Å². The fourth-order valence-corrected chi connectivity index (χ4v) is 2.76. The number of allylic oxidation sites excluding steroid dienone is 1. The van der Waals surface area contributed by atoms with Crippen LogP contribution in [0, 0.1) is 17.6 Å². The molecular weight excluding hydrogens is 380 g/mol. The second-order valence-corrected chi connectivity index (χ2v) is 6.49. The van der Waals surface area contributed by atoms with Gasteiger partial charge >= 0.3 is 0 Å². The Balaban J connectivity index is 1.88. The molecule has 29 heavy (non-hydrogen) atoms. The maximum atomic E-state index is 13.8. The van der Waals surface area contributed by atoms with E-state index in [2.05, 4.69) is 5.32 Å². The third kappa shape index (κ3) is 6.87. The molecule has 2 aromatic carbocycles. The van der Waals surface area contributed by atoms with E-state index in [1.54, 1.807) is 12.1 Å². The lowest BCUT2D eigenvalue weighted by Gasteiger charge is -2.16. The maximum Gasteiger partial charge on any atom is 0.257 e. The Labute approximate surface area is 169 Å². The monoisotopic (exact) mass is 405 g/mol. The van der Waals surface area contributed by atoms with Gasteiger partial charge in [0, 0.05) is 19.1 Å². The first-order valence-electron chi connectivity index (χ1n) is 9.21. The van der Waals surface area contributed by atoms with Crippen molar-refractivity contribution in [3.8, 4) is 11.5 Å². The van der Waals surface area contributed by atoms with Gasteiger partial charge in [-0.05, 0) is 54.8 Å². The third-order valence-corrected chi connectivity index (χ3v) is 4.27. The van der Waals surface area contributed by atoms with Gasteiger partial charge in [0.15, 0.2) is 18.1 Å². The number of nitrogens with one attached hydrogen (secondary N) is 1. The predicted molar refractivity (Wildman–Crippen MR) is 107 cm³/mol. The summed E-state index contributed by atoms with van der Waals surface area (Å²) in [5, 5.41) is 12.1. The Bertz CT molecular complexity index is 855. The zero-order chi connectivity index (χ0) is 21.2. The van der Waals surface area contributed by atoms with Gasteiger partial charge in [-0.25, -0.2) is 8.78 Å². The lowest BCUT2D eigenvalue weighted by molar-refractivity contribution is -0.123. The Morgan fingerprint density at radius 1 is 1.21 bits per heavy atom. The fourth-order valence-electron chi connectivity index (χ4n) is 2.76. The first-order chi connectivity index (χ1) is 14.0. The summed E-state index contributed by atoms with van der Waals surface area (Å²) >= 11 is 0. The van der Waals surface area contributed by atoms with E-state index in [0.29, 0.717) is 11.5 Å². The van der Waals surface area contributed by atoms with Crippen LogP contribution in [0.1, 0.15) is 18.1 Å². The number of amides is 1. The molecule has 5 nitrogen and oxygen atoms in total. The molecule has 0 heterocycles. The van der Waals surface area contributed by atoms with Crippen molar-refractivity contribution in [3.05, 3.63) is 65.2 Å². The van der Waals surface area contributed by atoms with Crippen LogP contribution >= 0.6 is 0 Å². The summed E-state index contributed by atoms with van der Waals surface area (Å²) in [7, 11) is 1.51. The number of carbonyl (C=O) groups is 1. The number of rotatable bonds is 10. The van der Waals surface area contributed by atoms with Crippen molar-refractivity contribution in [3.63, 3.8) is 0 Å². The van der Waals surface area contributed by atoms with Gasteiger partial charge in [-0.15, -0.1) is 0 Å². The van der Waals surface area contributed by atoms with Crippen LogP contribution in [0.15, 0.2) is 42.5 Å². The zero-order valence-corrected chi connectivity index (χ0v) is 16.5. The molecule has 0 aliphatic carbocycles. The minimum absolute atomic E-state index is 0.0987. The number of hydrogen-bond donors (Lipinski definition) is 2. The lowest BCUT2D eigenvalue weighted by Crippen LogP contribution is -2.35. The number of ether oxygens (including phenoxy) is 2. The summed E-state index contributed by atoms with van der Waals surface area (Å²) < 4.78 is 37.8. The van der Waals surface area contributed by atoms with Gasteiger partial charge in [0.25, 0.3) is 5.91 Å². The molecule has 0 fully saturated rings. The topological polar surface area (TPSA) is 67.8 Å². The summed E-state index contributed by atoms with van der Waals surface area (Å²) in [5.41, 5.74) is 1.09. The molecule has 0 aliphatic heterocycles. The van der Waals surface area contributed by atoms with Gasteiger partial charge in [0.05, 0.1) is 7.11 Å². The van der Waals surface area contributed by atoms with E-state index in [1.165, 1.54) is 7.11 Å². The van der Waals surface area contributed by atoms with Crippen molar-refractivity contribution < 1.29 is 28.2 Å². The second-order valence-electron chi connectivity index (χ2n) is 6.49. The minimum atomic E-state index is -0.551. The van der Waals surface area contributed by atoms with Crippen LogP contribution in [0.2, 0.25) is 0 Å². The molecule has 0 saturated heterocycles. The molecule has 0 saturated carbocycles. The number of methoxy groups -OCH3 is 1. The first kappa shape index (κ1) is 22.4. The van der Waals surface area contributed by atoms with Gasteiger partial charge in [-0.2, -0.15) is 0 Å². The average molecular weight is 405 g/mol. The molecule has 0 unspecified atom stereocenters. The number of aliphatic hydroxyl groups excluding tert-OH is 1. The number of halogens is 2. The molecular formula is C22H25F2NO4. The summed E-state index contributed by atoms with van der Waals surface area (Å²) in [6, 6.07) is 8.51. The Kier molecular flexibility index (Phi) is 8.61. The molecule has 0 spiro atoms. The van der Waals surface area contributed by atoms with E-state index in [-0.39, 0.29) is 31.7 Å². The molecule has 2 rings (SSSR count). The smallest absolute Gasteiger partial charge is 0.257 e. The van der Waals surface area contributed by atoms with Gasteiger partial charge < -0.3 is 19.9 Å². The summed E-state index contributed by atoms with van der Waals surface area (Å²) in [5.74, 6) is -1.02. The van der Waals surface area contributed by atoms with Crippen LogP contribution in [0.4, 0.5) is 8.78 Å². The van der Waals surface area contributed by atoms with E-state index < -0.39 is 23.5 Å². The Morgan fingerprint density at radius 2 is 2.00 bits per heavy atom. The zero-order valence-electron chi connectivity index (χ0n) is 16.5. The van der Waals surface area contributed by atoms with Crippen LogP contribution in [0.5, 0.6) is 11.5 Å². The predicted octanol–water partition coefficient (Wildman–Crippen LogP) is 3.35. The van der Waals surface area contributed by atoms with Crippen molar-refractivity contribution >= 4 is 12.0 Å². The Morgan fingerprint density at radius 3 is 2.69 bits per heavy atom. The molecule has 1 amide bonds. The van der Waals surface area contributed by atoms with Crippen LogP contribution in [0.25, 0.3) is 6.08 Å². The van der Waals surface area contributed by atoms with Crippen molar-refractivity contribution in [1.82, 2.24) is 5.32 Å². The highest BCUT2D eigenvalue weighted by Crippen LogP contribution is 2.28. The highest BCUT2D eigenvalue weighted by atomic mass is 19.1. The summed E-state index contributed by atoms with van der Waals surface area (Å²) in [6.07, 6.45) is 3.91. The molecule has 1 atom stereocenters. The van der Waals surface area contributed by atoms with Gasteiger partial charge in [-0.3, -0.25) is 4.79 Å². The van der Waals surface area contributed by atoms with Crippen LogP contribution < -0.4 is 14.8 Å². The minimum Gasteiger partial charge on any atom is -0.493 e. The van der Waals surface area contributed by atoms with Crippen molar-refractivity contribution in [2.45, 2.75) is 13.3 Å². The molecule has 0 aliphatic rings. The number of hydrogen-bond acceptors (Lipinski definition) is 4.